The number of rotatable bonds is 1. The number of methoxy groups -OCH3 is 1. The van der Waals surface area contributed by atoms with Crippen molar-refractivity contribution < 1.29 is 4.74 Å². The summed E-state index contributed by atoms with van der Waals surface area (Å²) in [5.74, 6) is 0.996. The van der Waals surface area contributed by atoms with Gasteiger partial charge in [-0.3, -0.25) is 0 Å². The second kappa shape index (κ2) is 3.68. The van der Waals surface area contributed by atoms with Gasteiger partial charge in [0.1, 0.15) is 0 Å². The molecule has 0 radical (unpaired) electrons. The number of ether oxygens (including phenoxy) is 1. The zero-order chi connectivity index (χ0) is 9.26. The fraction of sp³-hybridized carbons (Fsp3) is 0.273. The molecule has 66 valence electrons. The maximum atomic E-state index is 5.21. The van der Waals surface area contributed by atoms with E-state index in [1.807, 2.05) is 6.08 Å². The van der Waals surface area contributed by atoms with Crippen molar-refractivity contribution >= 4 is 20.9 Å². The number of allylic oxidation sites excluding steroid dienone is 6. The van der Waals surface area contributed by atoms with Crippen molar-refractivity contribution in [2.45, 2.75) is 10.9 Å². The molecule has 1 aliphatic heterocycles. The number of hydrogen-bond donors (Lipinski definition) is 0. The van der Waals surface area contributed by atoms with E-state index < -0.39 is 0 Å². The van der Waals surface area contributed by atoms with Crippen molar-refractivity contribution in [2.24, 2.45) is 0 Å². The van der Waals surface area contributed by atoms with Crippen LogP contribution in [0.3, 0.4) is 0 Å². The molecule has 2 aliphatic rings. The summed E-state index contributed by atoms with van der Waals surface area (Å²) in [7, 11) is 1.72. The summed E-state index contributed by atoms with van der Waals surface area (Å²) in [6.07, 6.45) is 8.58. The molecule has 1 heterocycles. The topological polar surface area (TPSA) is 9.23 Å². The second-order valence-corrected chi connectivity index (χ2v) is 5.84. The van der Waals surface area contributed by atoms with Crippen LogP contribution in [0.25, 0.3) is 0 Å². The SMILES string of the molecule is COC1=CC2[Te][C+]=CC(C)=C2C=C1. The van der Waals surface area contributed by atoms with Gasteiger partial charge in [0.05, 0.1) is 0 Å². The molecular weight excluding hydrogens is 276 g/mol. The fourth-order valence-electron chi connectivity index (χ4n) is 1.43. The Labute approximate surface area is 88.9 Å². The molecule has 0 aromatic carbocycles. The van der Waals surface area contributed by atoms with Gasteiger partial charge in [-0.05, 0) is 0 Å². The summed E-state index contributed by atoms with van der Waals surface area (Å²) in [4.78, 5) is 0. The van der Waals surface area contributed by atoms with E-state index >= 15 is 0 Å². The van der Waals surface area contributed by atoms with E-state index in [4.69, 9.17) is 4.74 Å². The van der Waals surface area contributed by atoms with Gasteiger partial charge in [0.15, 0.2) is 0 Å². The van der Waals surface area contributed by atoms with E-state index in [2.05, 4.69) is 29.3 Å². The molecule has 0 saturated carbocycles. The Hall–Kier alpha value is -0.540. The summed E-state index contributed by atoms with van der Waals surface area (Å²) in [5.41, 5.74) is 2.81. The summed E-state index contributed by atoms with van der Waals surface area (Å²) in [6.45, 7) is 2.15. The van der Waals surface area contributed by atoms with Crippen molar-refractivity contribution in [3.63, 3.8) is 0 Å². The summed E-state index contributed by atoms with van der Waals surface area (Å²) in [5, 5.41) is 0. The van der Waals surface area contributed by atoms with E-state index in [9.17, 15) is 0 Å². The maximum absolute atomic E-state index is 5.21. The Morgan fingerprint density at radius 2 is 2.31 bits per heavy atom. The molecule has 0 N–H and O–H groups in total. The minimum absolute atomic E-state index is 0.152. The van der Waals surface area contributed by atoms with Crippen LogP contribution in [0.5, 0.6) is 0 Å². The molecule has 2 heteroatoms. The van der Waals surface area contributed by atoms with Crippen molar-refractivity contribution in [3.8, 4) is 0 Å². The van der Waals surface area contributed by atoms with Gasteiger partial charge < -0.3 is 0 Å². The molecule has 0 bridgehead atoms. The van der Waals surface area contributed by atoms with Crippen LogP contribution < -0.4 is 0 Å². The molecule has 1 atom stereocenters. The molecule has 0 fully saturated rings. The molecular formula is C11H11OTe+. The van der Waals surface area contributed by atoms with Crippen LogP contribution in [0.1, 0.15) is 6.92 Å². The van der Waals surface area contributed by atoms with Crippen LogP contribution in [-0.2, 0) is 4.74 Å². The molecule has 2 rings (SSSR count). The van der Waals surface area contributed by atoms with Crippen molar-refractivity contribution in [3.05, 3.63) is 45.3 Å². The predicted octanol–water partition coefficient (Wildman–Crippen LogP) is 2.23. The molecule has 13 heavy (non-hydrogen) atoms. The average Bonchev–Trinajstić information content (AvgIpc) is 2.18. The monoisotopic (exact) mass is 289 g/mol. The molecule has 0 spiro atoms. The van der Waals surface area contributed by atoms with Gasteiger partial charge in [0, 0.05) is 0 Å². The molecule has 0 aromatic heterocycles. The quantitative estimate of drug-likeness (QED) is 0.531. The number of hydrogen-bond acceptors (Lipinski definition) is 1. The standard InChI is InChI=1S/C11H11OTe/c1-8-5-6-13-11-7-9(12-2)3-4-10(8)11/h3-5,7,11H,1-2H3/q+1. The first-order chi connectivity index (χ1) is 6.31. The zero-order valence-corrected chi connectivity index (χ0v) is 10.0. The predicted molar refractivity (Wildman–Crippen MR) is 54.2 cm³/mol. The van der Waals surface area contributed by atoms with Gasteiger partial charge >= 0.3 is 89.0 Å². The van der Waals surface area contributed by atoms with Crippen LogP contribution >= 0.6 is 0 Å². The molecule has 0 amide bonds. The first-order valence-electron chi connectivity index (χ1n) is 4.20. The van der Waals surface area contributed by atoms with Gasteiger partial charge in [-0.25, -0.2) is 0 Å². The van der Waals surface area contributed by atoms with E-state index in [0.29, 0.717) is 3.97 Å². The Morgan fingerprint density at radius 1 is 1.46 bits per heavy atom. The van der Waals surface area contributed by atoms with Gasteiger partial charge in [-0.2, -0.15) is 0 Å². The molecule has 1 aliphatic carbocycles. The van der Waals surface area contributed by atoms with Gasteiger partial charge in [-0.15, -0.1) is 0 Å². The summed E-state index contributed by atoms with van der Waals surface area (Å²) >= 11 is -0.152. The molecule has 1 unspecified atom stereocenters. The fourth-order valence-corrected chi connectivity index (χ4v) is 4.24. The van der Waals surface area contributed by atoms with Gasteiger partial charge in [0.2, 0.25) is 0 Å². The van der Waals surface area contributed by atoms with Gasteiger partial charge in [0.25, 0.3) is 0 Å². The van der Waals surface area contributed by atoms with Crippen LogP contribution in [0.2, 0.25) is 3.97 Å². The first-order valence-corrected chi connectivity index (χ1v) is 6.71. The van der Waals surface area contributed by atoms with E-state index in [-0.39, 0.29) is 20.9 Å². The zero-order valence-electron chi connectivity index (χ0n) is 7.70. The third-order valence-electron chi connectivity index (χ3n) is 2.21. The molecule has 0 aromatic rings. The first kappa shape index (κ1) is 9.03. The second-order valence-electron chi connectivity index (χ2n) is 3.05. The molecule has 0 saturated heterocycles. The third-order valence-corrected chi connectivity index (χ3v) is 4.77. The van der Waals surface area contributed by atoms with Crippen LogP contribution in [0.4, 0.5) is 0 Å². The van der Waals surface area contributed by atoms with E-state index in [1.54, 1.807) is 7.11 Å². The van der Waals surface area contributed by atoms with Crippen molar-refractivity contribution in [1.29, 1.82) is 0 Å². The summed E-state index contributed by atoms with van der Waals surface area (Å²) in [6, 6.07) is 0. The normalized spacial score (nSPS) is 25.1. The van der Waals surface area contributed by atoms with Crippen molar-refractivity contribution in [2.75, 3.05) is 7.11 Å². The Balaban J connectivity index is 2.34. The minimum atomic E-state index is -0.152. The van der Waals surface area contributed by atoms with E-state index in [1.165, 1.54) is 11.1 Å². The van der Waals surface area contributed by atoms with Crippen LogP contribution in [0, 0.1) is 4.12 Å². The Morgan fingerprint density at radius 3 is 3.08 bits per heavy atom. The third kappa shape index (κ3) is 1.71. The van der Waals surface area contributed by atoms with Crippen molar-refractivity contribution in [1.82, 2.24) is 0 Å². The van der Waals surface area contributed by atoms with Crippen LogP contribution in [0.15, 0.2) is 41.2 Å². The Kier molecular flexibility index (Phi) is 2.56. The summed E-state index contributed by atoms with van der Waals surface area (Å²) < 4.78 is 9.21. The number of fused-ring (bicyclic) bond motifs is 1. The Bertz CT molecular complexity index is 334. The van der Waals surface area contributed by atoms with Crippen LogP contribution in [-0.4, -0.2) is 28.0 Å². The van der Waals surface area contributed by atoms with E-state index in [0.717, 1.165) is 5.76 Å². The average molecular weight is 287 g/mol. The van der Waals surface area contributed by atoms with Gasteiger partial charge in [-0.1, -0.05) is 0 Å². The molecule has 1 nitrogen and oxygen atoms in total.